The second-order valence-electron chi connectivity index (χ2n) is 4.18. The molecule has 1 aromatic heterocycles. The molecule has 0 atom stereocenters. The number of hydrogen-bond acceptors (Lipinski definition) is 2. The van der Waals surface area contributed by atoms with Crippen molar-refractivity contribution in [2.45, 2.75) is 18.8 Å². The highest BCUT2D eigenvalue weighted by Gasteiger charge is 2.23. The van der Waals surface area contributed by atoms with Crippen LogP contribution in [0, 0.1) is 0 Å². The summed E-state index contributed by atoms with van der Waals surface area (Å²) < 4.78 is 1.93. The molecule has 0 N–H and O–H groups in total. The van der Waals surface area contributed by atoms with Crippen LogP contribution in [-0.2, 0) is 11.8 Å². The van der Waals surface area contributed by atoms with Crippen molar-refractivity contribution < 1.29 is 4.79 Å². The van der Waals surface area contributed by atoms with Crippen LogP contribution in [0.3, 0.4) is 0 Å². The minimum atomic E-state index is 0.0449. The maximum atomic E-state index is 11.4. The van der Waals surface area contributed by atoms with Gasteiger partial charge in [-0.05, 0) is 25.0 Å². The summed E-state index contributed by atoms with van der Waals surface area (Å²) in [6.45, 7) is 5.15. The quantitative estimate of drug-likeness (QED) is 0.703. The molecule has 2 heterocycles. The van der Waals surface area contributed by atoms with E-state index in [0.717, 1.165) is 25.9 Å². The van der Waals surface area contributed by atoms with Gasteiger partial charge >= 0.3 is 0 Å². The maximum absolute atomic E-state index is 11.4. The summed E-state index contributed by atoms with van der Waals surface area (Å²) in [4.78, 5) is 13.3. The number of aromatic nitrogens is 2. The van der Waals surface area contributed by atoms with Gasteiger partial charge in [-0.15, -0.1) is 0 Å². The molecular weight excluding hydrogens is 202 g/mol. The van der Waals surface area contributed by atoms with Gasteiger partial charge in [0.15, 0.2) is 0 Å². The summed E-state index contributed by atoms with van der Waals surface area (Å²) in [7, 11) is 1.97. The minimum absolute atomic E-state index is 0.0449. The van der Waals surface area contributed by atoms with E-state index < -0.39 is 0 Å². The largest absolute Gasteiger partial charge is 0.339 e. The molecule has 0 unspecified atom stereocenters. The number of nitrogens with zero attached hydrogens (tertiary/aromatic N) is 3. The Morgan fingerprint density at radius 2 is 2.25 bits per heavy atom. The zero-order valence-corrected chi connectivity index (χ0v) is 9.59. The van der Waals surface area contributed by atoms with Crippen LogP contribution in [0.2, 0.25) is 0 Å². The van der Waals surface area contributed by atoms with Crippen molar-refractivity contribution in [3.05, 3.63) is 30.6 Å². The van der Waals surface area contributed by atoms with Crippen molar-refractivity contribution in [1.29, 1.82) is 0 Å². The van der Waals surface area contributed by atoms with E-state index in [9.17, 15) is 4.79 Å². The molecule has 0 spiro atoms. The van der Waals surface area contributed by atoms with E-state index in [0.29, 0.717) is 5.92 Å². The average molecular weight is 219 g/mol. The fourth-order valence-electron chi connectivity index (χ4n) is 2.31. The topological polar surface area (TPSA) is 38.1 Å². The van der Waals surface area contributed by atoms with Gasteiger partial charge in [0.2, 0.25) is 5.91 Å². The number of amides is 1. The summed E-state index contributed by atoms with van der Waals surface area (Å²) >= 11 is 0. The molecule has 0 bridgehead atoms. The molecule has 1 fully saturated rings. The van der Waals surface area contributed by atoms with Gasteiger partial charge in [0, 0.05) is 37.9 Å². The Balaban J connectivity index is 1.98. The lowest BCUT2D eigenvalue weighted by molar-refractivity contribution is -0.127. The molecule has 0 aliphatic carbocycles. The third-order valence-corrected chi connectivity index (χ3v) is 3.26. The molecule has 1 aliphatic heterocycles. The number of rotatable bonds is 2. The van der Waals surface area contributed by atoms with Crippen LogP contribution in [0.1, 0.15) is 24.5 Å². The first-order valence-electron chi connectivity index (χ1n) is 5.61. The lowest BCUT2D eigenvalue weighted by atomic mass is 9.93. The van der Waals surface area contributed by atoms with E-state index in [2.05, 4.69) is 17.7 Å². The molecule has 2 rings (SSSR count). The van der Waals surface area contributed by atoms with Gasteiger partial charge in [0.25, 0.3) is 0 Å². The molecule has 0 aromatic carbocycles. The Morgan fingerprint density at radius 1 is 1.56 bits per heavy atom. The Hall–Kier alpha value is -1.58. The number of hydrogen-bond donors (Lipinski definition) is 0. The highest BCUT2D eigenvalue weighted by molar-refractivity contribution is 5.87. The molecule has 1 saturated heterocycles. The fourth-order valence-corrected chi connectivity index (χ4v) is 2.31. The SMILES string of the molecule is C=CC(=O)N1CCC(c2ccnn2C)CC1. The first-order valence-corrected chi connectivity index (χ1v) is 5.61. The molecule has 1 aliphatic rings. The summed E-state index contributed by atoms with van der Waals surface area (Å²) in [6.07, 6.45) is 5.25. The Labute approximate surface area is 95.5 Å². The van der Waals surface area contributed by atoms with Gasteiger partial charge in [-0.2, -0.15) is 5.10 Å². The Bertz CT molecular complexity index is 389. The highest BCUT2D eigenvalue weighted by atomic mass is 16.2. The fraction of sp³-hybridized carbons (Fsp3) is 0.500. The number of carbonyl (C=O) groups excluding carboxylic acids is 1. The Morgan fingerprint density at radius 3 is 2.75 bits per heavy atom. The molecule has 16 heavy (non-hydrogen) atoms. The third kappa shape index (κ3) is 2.01. The summed E-state index contributed by atoms with van der Waals surface area (Å²) in [5.74, 6) is 0.574. The van der Waals surface area contributed by atoms with Crippen molar-refractivity contribution in [1.82, 2.24) is 14.7 Å². The maximum Gasteiger partial charge on any atom is 0.245 e. The zero-order valence-electron chi connectivity index (χ0n) is 9.59. The monoisotopic (exact) mass is 219 g/mol. The second-order valence-corrected chi connectivity index (χ2v) is 4.18. The van der Waals surface area contributed by atoms with Crippen molar-refractivity contribution in [2.75, 3.05) is 13.1 Å². The normalized spacial score (nSPS) is 17.4. The van der Waals surface area contributed by atoms with Crippen molar-refractivity contribution in [2.24, 2.45) is 7.05 Å². The summed E-state index contributed by atoms with van der Waals surface area (Å²) in [5.41, 5.74) is 1.27. The highest BCUT2D eigenvalue weighted by Crippen LogP contribution is 2.27. The molecule has 1 amide bonds. The van der Waals surface area contributed by atoms with E-state index in [1.165, 1.54) is 11.8 Å². The van der Waals surface area contributed by atoms with Gasteiger partial charge in [-0.3, -0.25) is 9.48 Å². The first-order chi connectivity index (χ1) is 7.72. The summed E-state index contributed by atoms with van der Waals surface area (Å²) in [5, 5.41) is 4.18. The van der Waals surface area contributed by atoms with Crippen LogP contribution in [0.25, 0.3) is 0 Å². The van der Waals surface area contributed by atoms with E-state index in [1.807, 2.05) is 22.8 Å². The van der Waals surface area contributed by atoms with Gasteiger partial charge < -0.3 is 4.90 Å². The van der Waals surface area contributed by atoms with Crippen LogP contribution >= 0.6 is 0 Å². The first kappa shape index (κ1) is 10.9. The van der Waals surface area contributed by atoms with Crippen LogP contribution in [0.4, 0.5) is 0 Å². The van der Waals surface area contributed by atoms with Crippen molar-refractivity contribution >= 4 is 5.91 Å². The predicted molar refractivity (Wildman–Crippen MR) is 62.0 cm³/mol. The average Bonchev–Trinajstić information content (AvgIpc) is 2.75. The third-order valence-electron chi connectivity index (χ3n) is 3.26. The van der Waals surface area contributed by atoms with Gasteiger partial charge in [-0.25, -0.2) is 0 Å². The molecular formula is C12H17N3O. The van der Waals surface area contributed by atoms with Crippen LogP contribution in [0.15, 0.2) is 24.9 Å². The van der Waals surface area contributed by atoms with Crippen molar-refractivity contribution in [3.8, 4) is 0 Å². The minimum Gasteiger partial charge on any atom is -0.339 e. The van der Waals surface area contributed by atoms with Crippen LogP contribution < -0.4 is 0 Å². The number of aryl methyl sites for hydroxylation is 1. The van der Waals surface area contributed by atoms with E-state index in [-0.39, 0.29) is 5.91 Å². The van der Waals surface area contributed by atoms with Crippen LogP contribution in [-0.4, -0.2) is 33.7 Å². The van der Waals surface area contributed by atoms with Gasteiger partial charge in [0.05, 0.1) is 0 Å². The van der Waals surface area contributed by atoms with E-state index >= 15 is 0 Å². The van der Waals surface area contributed by atoms with E-state index in [4.69, 9.17) is 0 Å². The predicted octanol–water partition coefficient (Wildman–Crippen LogP) is 1.31. The molecule has 0 saturated carbocycles. The van der Waals surface area contributed by atoms with E-state index in [1.54, 1.807) is 0 Å². The summed E-state index contributed by atoms with van der Waals surface area (Å²) in [6, 6.07) is 2.07. The lowest BCUT2D eigenvalue weighted by Gasteiger charge is -2.31. The lowest BCUT2D eigenvalue weighted by Crippen LogP contribution is -2.37. The molecule has 4 heteroatoms. The number of carbonyl (C=O) groups is 1. The van der Waals surface area contributed by atoms with Crippen LogP contribution in [0.5, 0.6) is 0 Å². The Kier molecular flexibility index (Phi) is 3.08. The molecule has 4 nitrogen and oxygen atoms in total. The smallest absolute Gasteiger partial charge is 0.245 e. The second kappa shape index (κ2) is 4.51. The van der Waals surface area contributed by atoms with Gasteiger partial charge in [0.1, 0.15) is 0 Å². The standard InChI is InChI=1S/C12H17N3O/c1-3-12(16)15-8-5-10(6-9-15)11-4-7-13-14(11)2/h3-4,7,10H,1,5-6,8-9H2,2H3. The zero-order chi connectivity index (χ0) is 11.5. The molecule has 1 aromatic rings. The number of piperidine rings is 1. The molecule has 86 valence electrons. The number of likely N-dealkylation sites (tertiary alicyclic amines) is 1. The van der Waals surface area contributed by atoms with Crippen molar-refractivity contribution in [3.63, 3.8) is 0 Å². The molecule has 0 radical (unpaired) electrons. The van der Waals surface area contributed by atoms with Gasteiger partial charge in [-0.1, -0.05) is 6.58 Å².